The van der Waals surface area contributed by atoms with Crippen molar-refractivity contribution in [2.75, 3.05) is 46.0 Å². The van der Waals surface area contributed by atoms with E-state index in [1.54, 1.807) is 23.2 Å². The van der Waals surface area contributed by atoms with Crippen molar-refractivity contribution in [2.45, 2.75) is 25.2 Å². The van der Waals surface area contributed by atoms with Gasteiger partial charge in [0.15, 0.2) is 0 Å². The second-order valence-corrected chi connectivity index (χ2v) is 7.10. The average molecular weight is 352 g/mol. The molecular formula is C17H24N2O4S. The average Bonchev–Trinajstić information content (AvgIpc) is 3.17. The summed E-state index contributed by atoms with van der Waals surface area (Å²) < 4.78 is 10.5. The second-order valence-electron chi connectivity index (χ2n) is 6.15. The van der Waals surface area contributed by atoms with Crippen molar-refractivity contribution in [2.24, 2.45) is 0 Å². The van der Waals surface area contributed by atoms with Crippen molar-refractivity contribution in [1.29, 1.82) is 0 Å². The van der Waals surface area contributed by atoms with E-state index in [1.165, 1.54) is 0 Å². The monoisotopic (exact) mass is 352 g/mol. The highest BCUT2D eigenvalue weighted by atomic mass is 32.1. The van der Waals surface area contributed by atoms with E-state index in [0.717, 1.165) is 17.7 Å². The molecule has 0 bridgehead atoms. The maximum absolute atomic E-state index is 13.3. The van der Waals surface area contributed by atoms with Gasteiger partial charge in [-0.05, 0) is 31.2 Å². The van der Waals surface area contributed by atoms with E-state index in [1.807, 2.05) is 16.3 Å². The molecule has 2 aliphatic rings. The molecule has 2 aliphatic heterocycles. The fourth-order valence-corrected chi connectivity index (χ4v) is 4.42. The fraction of sp³-hybridized carbons (Fsp3) is 0.647. The molecule has 2 amide bonds. The Labute approximate surface area is 146 Å². The third kappa shape index (κ3) is 3.28. The molecule has 24 heavy (non-hydrogen) atoms. The zero-order valence-electron chi connectivity index (χ0n) is 14.0. The molecule has 2 fully saturated rings. The third-order valence-corrected chi connectivity index (χ3v) is 5.92. The number of hydrogen-bond donors (Lipinski definition) is 0. The standard InChI is InChI=1S/C17H24N2O4S/c1-2-23-16(21)19-9-7-18(8-10-19)15(20)17(5-11-22-12-6-17)14-4-3-13-24-14/h3-4,13H,2,5-12H2,1H3. The van der Waals surface area contributed by atoms with E-state index < -0.39 is 5.41 Å². The fourth-order valence-electron chi connectivity index (χ4n) is 3.45. The van der Waals surface area contributed by atoms with Crippen LogP contribution in [0.25, 0.3) is 0 Å². The smallest absolute Gasteiger partial charge is 0.409 e. The number of piperazine rings is 1. The van der Waals surface area contributed by atoms with Gasteiger partial charge in [0.1, 0.15) is 0 Å². The number of ether oxygens (including phenoxy) is 2. The summed E-state index contributed by atoms with van der Waals surface area (Å²) in [6.07, 6.45) is 1.16. The Kier molecular flexibility index (Phi) is 5.40. The molecule has 0 atom stereocenters. The van der Waals surface area contributed by atoms with Crippen LogP contribution in [0.4, 0.5) is 4.79 Å². The topological polar surface area (TPSA) is 59.1 Å². The van der Waals surface area contributed by atoms with E-state index in [4.69, 9.17) is 9.47 Å². The van der Waals surface area contributed by atoms with Crippen LogP contribution in [0.2, 0.25) is 0 Å². The number of carbonyl (C=O) groups is 2. The van der Waals surface area contributed by atoms with Gasteiger partial charge in [0.05, 0.1) is 12.0 Å². The van der Waals surface area contributed by atoms with E-state index in [9.17, 15) is 9.59 Å². The zero-order chi connectivity index (χ0) is 17.0. The maximum Gasteiger partial charge on any atom is 0.409 e. The molecular weight excluding hydrogens is 328 g/mol. The number of rotatable bonds is 3. The molecule has 6 nitrogen and oxygen atoms in total. The molecule has 1 aromatic heterocycles. The van der Waals surface area contributed by atoms with Crippen LogP contribution >= 0.6 is 11.3 Å². The first-order valence-electron chi connectivity index (χ1n) is 8.50. The third-order valence-electron chi connectivity index (χ3n) is 4.84. The molecule has 0 spiro atoms. The minimum atomic E-state index is -0.460. The van der Waals surface area contributed by atoms with Gasteiger partial charge in [-0.3, -0.25) is 4.79 Å². The summed E-state index contributed by atoms with van der Waals surface area (Å²) >= 11 is 1.65. The van der Waals surface area contributed by atoms with Crippen LogP contribution in [0.15, 0.2) is 17.5 Å². The van der Waals surface area contributed by atoms with Gasteiger partial charge in [-0.15, -0.1) is 11.3 Å². The largest absolute Gasteiger partial charge is 0.450 e. The van der Waals surface area contributed by atoms with Crippen LogP contribution in [-0.2, 0) is 19.7 Å². The van der Waals surface area contributed by atoms with Crippen LogP contribution in [0.1, 0.15) is 24.6 Å². The summed E-state index contributed by atoms with van der Waals surface area (Å²) in [4.78, 5) is 29.8. The summed E-state index contributed by atoms with van der Waals surface area (Å²) in [5.74, 6) is 0.178. The molecule has 0 unspecified atom stereocenters. The highest BCUT2D eigenvalue weighted by Gasteiger charge is 2.45. The molecule has 2 saturated heterocycles. The van der Waals surface area contributed by atoms with Crippen molar-refractivity contribution in [1.82, 2.24) is 9.80 Å². The Balaban J connectivity index is 1.70. The molecule has 0 saturated carbocycles. The Hall–Kier alpha value is -1.60. The van der Waals surface area contributed by atoms with Crippen molar-refractivity contribution in [3.05, 3.63) is 22.4 Å². The summed E-state index contributed by atoms with van der Waals surface area (Å²) in [7, 11) is 0. The number of thiophene rings is 1. The Morgan fingerprint density at radius 3 is 2.46 bits per heavy atom. The van der Waals surface area contributed by atoms with E-state index in [-0.39, 0.29) is 12.0 Å². The molecule has 1 aromatic rings. The summed E-state index contributed by atoms with van der Waals surface area (Å²) in [5, 5.41) is 2.03. The van der Waals surface area contributed by atoms with Gasteiger partial charge < -0.3 is 19.3 Å². The molecule has 0 aliphatic carbocycles. The summed E-state index contributed by atoms with van der Waals surface area (Å²) in [6, 6.07) is 4.06. The normalized spacial score (nSPS) is 20.7. The molecule has 0 radical (unpaired) electrons. The molecule has 132 valence electrons. The highest BCUT2D eigenvalue weighted by molar-refractivity contribution is 7.10. The van der Waals surface area contributed by atoms with Gasteiger partial charge in [0.25, 0.3) is 0 Å². The van der Waals surface area contributed by atoms with Crippen molar-refractivity contribution in [3.63, 3.8) is 0 Å². The second kappa shape index (κ2) is 7.53. The van der Waals surface area contributed by atoms with Crippen LogP contribution in [0.5, 0.6) is 0 Å². The van der Waals surface area contributed by atoms with Crippen molar-refractivity contribution in [3.8, 4) is 0 Å². The quantitative estimate of drug-likeness (QED) is 0.836. The molecule has 3 heterocycles. The number of nitrogens with zero attached hydrogens (tertiary/aromatic N) is 2. The van der Waals surface area contributed by atoms with Crippen LogP contribution in [0.3, 0.4) is 0 Å². The maximum atomic E-state index is 13.3. The van der Waals surface area contributed by atoms with Gasteiger partial charge >= 0.3 is 6.09 Å². The van der Waals surface area contributed by atoms with Gasteiger partial charge in [-0.1, -0.05) is 6.07 Å². The van der Waals surface area contributed by atoms with Gasteiger partial charge in [0.2, 0.25) is 5.91 Å². The predicted molar refractivity (Wildman–Crippen MR) is 91.2 cm³/mol. The predicted octanol–water partition coefficient (Wildman–Crippen LogP) is 2.10. The van der Waals surface area contributed by atoms with Crippen molar-refractivity contribution >= 4 is 23.3 Å². The number of hydrogen-bond acceptors (Lipinski definition) is 5. The van der Waals surface area contributed by atoms with Crippen LogP contribution in [-0.4, -0.2) is 67.8 Å². The Morgan fingerprint density at radius 1 is 1.21 bits per heavy atom. The minimum absolute atomic E-state index is 0.178. The van der Waals surface area contributed by atoms with Gasteiger partial charge in [0, 0.05) is 44.3 Å². The van der Waals surface area contributed by atoms with E-state index >= 15 is 0 Å². The number of amides is 2. The summed E-state index contributed by atoms with van der Waals surface area (Å²) in [5.41, 5.74) is -0.460. The first-order valence-corrected chi connectivity index (χ1v) is 9.38. The lowest BCUT2D eigenvalue weighted by Crippen LogP contribution is -2.56. The number of carbonyl (C=O) groups excluding carboxylic acids is 2. The van der Waals surface area contributed by atoms with Crippen molar-refractivity contribution < 1.29 is 19.1 Å². The molecule has 0 N–H and O–H groups in total. The highest BCUT2D eigenvalue weighted by Crippen LogP contribution is 2.39. The lowest BCUT2D eigenvalue weighted by molar-refractivity contribution is -0.142. The molecule has 0 aromatic carbocycles. The lowest BCUT2D eigenvalue weighted by Gasteiger charge is -2.42. The first-order chi connectivity index (χ1) is 11.7. The lowest BCUT2D eigenvalue weighted by atomic mass is 9.77. The SMILES string of the molecule is CCOC(=O)N1CCN(C(=O)C2(c3cccs3)CCOCC2)CC1. The van der Waals surface area contributed by atoms with Crippen LogP contribution in [0, 0.1) is 0 Å². The van der Waals surface area contributed by atoms with E-state index in [0.29, 0.717) is 46.0 Å². The van der Waals surface area contributed by atoms with E-state index in [2.05, 4.69) is 6.07 Å². The first kappa shape index (κ1) is 17.2. The molecule has 3 rings (SSSR count). The minimum Gasteiger partial charge on any atom is -0.450 e. The van der Waals surface area contributed by atoms with Gasteiger partial charge in [-0.25, -0.2) is 4.79 Å². The Morgan fingerprint density at radius 2 is 1.88 bits per heavy atom. The Bertz CT molecular complexity index is 561. The van der Waals surface area contributed by atoms with Gasteiger partial charge in [-0.2, -0.15) is 0 Å². The zero-order valence-corrected chi connectivity index (χ0v) is 14.8. The van der Waals surface area contributed by atoms with Crippen LogP contribution < -0.4 is 0 Å². The molecule has 7 heteroatoms. The summed E-state index contributed by atoms with van der Waals surface area (Å²) in [6.45, 7) is 5.59.